The van der Waals surface area contributed by atoms with E-state index in [1.807, 2.05) is 0 Å². The minimum absolute atomic E-state index is 0.0619. The topological polar surface area (TPSA) is 121 Å². The van der Waals surface area contributed by atoms with E-state index in [2.05, 4.69) is 35.9 Å². The maximum Gasteiger partial charge on any atom is 0.435 e. The molecule has 212 valence electrons. The minimum atomic E-state index is -4.69. The van der Waals surface area contributed by atoms with Crippen molar-refractivity contribution in [1.29, 1.82) is 0 Å². The lowest BCUT2D eigenvalue weighted by atomic mass is 10.1. The molecular weight excluding hydrogens is 561 g/mol. The molecule has 0 saturated carbocycles. The van der Waals surface area contributed by atoms with Crippen molar-refractivity contribution in [2.75, 3.05) is 31.5 Å². The average molecular weight is 585 g/mol. The lowest BCUT2D eigenvalue weighted by Crippen LogP contribution is -2.46. The summed E-state index contributed by atoms with van der Waals surface area (Å²) in [5.41, 5.74) is 1.59. The van der Waals surface area contributed by atoms with Gasteiger partial charge in [0.15, 0.2) is 17.2 Å². The van der Waals surface area contributed by atoms with Crippen LogP contribution >= 0.6 is 11.6 Å². The predicted molar refractivity (Wildman–Crippen MR) is 145 cm³/mol. The first-order valence-electron chi connectivity index (χ1n) is 12.7. The zero-order chi connectivity index (χ0) is 28.7. The second-order valence-corrected chi connectivity index (χ2v) is 10.0. The van der Waals surface area contributed by atoms with E-state index in [1.54, 1.807) is 36.1 Å². The molecule has 0 unspecified atom stereocenters. The molecule has 1 aliphatic heterocycles. The lowest BCUT2D eigenvalue weighted by Gasteiger charge is -2.27. The Morgan fingerprint density at radius 3 is 2.68 bits per heavy atom. The number of nitrogens with zero attached hydrogens (tertiary/aromatic N) is 7. The SMILES string of the molecule is Cc1cc(Cn2cc(-c3cnc4c(Nc5ccc(C(=O)N6CCNCC6)c(Cl)c5)nccn34)c(C(F)(F)F)n2)n[nH]1. The smallest absolute Gasteiger partial charge is 0.337 e. The van der Waals surface area contributed by atoms with Gasteiger partial charge in [-0.3, -0.25) is 19.0 Å². The molecule has 15 heteroatoms. The number of fused-ring (bicyclic) bond motifs is 1. The summed E-state index contributed by atoms with van der Waals surface area (Å²) >= 11 is 6.47. The summed E-state index contributed by atoms with van der Waals surface area (Å²) in [5, 5.41) is 17.3. The Balaban J connectivity index is 1.30. The van der Waals surface area contributed by atoms with Crippen LogP contribution in [0.25, 0.3) is 16.9 Å². The Hall–Kier alpha value is -4.43. The summed E-state index contributed by atoms with van der Waals surface area (Å²) in [6, 6.07) is 6.68. The second kappa shape index (κ2) is 10.5. The van der Waals surface area contributed by atoms with Crippen molar-refractivity contribution in [3.63, 3.8) is 0 Å². The number of aromatic nitrogens is 7. The molecule has 0 bridgehead atoms. The molecule has 1 aromatic carbocycles. The third kappa shape index (κ3) is 5.35. The Kier molecular flexibility index (Phi) is 6.87. The Labute approximate surface area is 236 Å². The van der Waals surface area contributed by atoms with Gasteiger partial charge in [0.1, 0.15) is 0 Å². The van der Waals surface area contributed by atoms with Crippen LogP contribution in [0.3, 0.4) is 0 Å². The fourth-order valence-electron chi connectivity index (χ4n) is 4.77. The summed E-state index contributed by atoms with van der Waals surface area (Å²) in [5.74, 6) is 0.147. The van der Waals surface area contributed by atoms with E-state index in [1.165, 1.54) is 33.9 Å². The van der Waals surface area contributed by atoms with Gasteiger partial charge in [-0.1, -0.05) is 11.6 Å². The van der Waals surface area contributed by atoms with E-state index in [0.717, 1.165) is 18.8 Å². The van der Waals surface area contributed by atoms with Gasteiger partial charge in [0, 0.05) is 56.2 Å². The molecular formula is C26H24ClF3N10O. The highest BCUT2D eigenvalue weighted by Crippen LogP contribution is 2.37. The fourth-order valence-corrected chi connectivity index (χ4v) is 5.03. The summed E-state index contributed by atoms with van der Waals surface area (Å²) in [7, 11) is 0. The molecule has 1 amide bonds. The standard InChI is InChI=1S/C26H24ClF3N10O/c1-15-10-17(36-35-15)13-39-14-19(22(37-39)26(28,29)30)21-12-33-24-23(32-6-9-40(21)24)34-16-2-3-18(20(27)11-16)25(41)38-7-4-31-5-8-38/h2-3,6,9-12,14,31H,4-5,7-8,13H2,1H3,(H,32,34)(H,35,36). The number of aryl methyl sites for hydroxylation is 1. The van der Waals surface area contributed by atoms with Gasteiger partial charge in [-0.25, -0.2) is 9.97 Å². The van der Waals surface area contributed by atoms with Crippen molar-refractivity contribution in [2.24, 2.45) is 0 Å². The van der Waals surface area contributed by atoms with E-state index in [9.17, 15) is 18.0 Å². The van der Waals surface area contributed by atoms with Gasteiger partial charge in [-0.05, 0) is 31.2 Å². The van der Waals surface area contributed by atoms with Crippen molar-refractivity contribution in [1.82, 2.24) is 44.6 Å². The summed E-state index contributed by atoms with van der Waals surface area (Å²) in [6.45, 7) is 4.51. The van der Waals surface area contributed by atoms with E-state index in [4.69, 9.17) is 11.6 Å². The number of amides is 1. The molecule has 5 aromatic rings. The molecule has 41 heavy (non-hydrogen) atoms. The zero-order valence-corrected chi connectivity index (χ0v) is 22.5. The molecule has 4 aromatic heterocycles. The number of hydrogen-bond donors (Lipinski definition) is 3. The van der Waals surface area contributed by atoms with Crippen molar-refractivity contribution in [2.45, 2.75) is 19.6 Å². The third-order valence-electron chi connectivity index (χ3n) is 6.68. The summed E-state index contributed by atoms with van der Waals surface area (Å²) in [6.07, 6.45) is 0.965. The molecule has 1 aliphatic rings. The van der Waals surface area contributed by atoms with Crippen molar-refractivity contribution < 1.29 is 18.0 Å². The molecule has 0 radical (unpaired) electrons. The van der Waals surface area contributed by atoms with Gasteiger partial charge in [0.05, 0.1) is 40.3 Å². The number of anilines is 2. The van der Waals surface area contributed by atoms with Crippen LogP contribution in [0, 0.1) is 6.92 Å². The number of H-pyrrole nitrogens is 1. The van der Waals surface area contributed by atoms with Gasteiger partial charge < -0.3 is 15.5 Å². The number of halogens is 4. The predicted octanol–water partition coefficient (Wildman–Crippen LogP) is 4.13. The van der Waals surface area contributed by atoms with Crippen LogP contribution in [-0.4, -0.2) is 71.3 Å². The number of alkyl halides is 3. The van der Waals surface area contributed by atoms with Crippen LogP contribution in [0.5, 0.6) is 0 Å². The van der Waals surface area contributed by atoms with E-state index in [-0.39, 0.29) is 28.7 Å². The van der Waals surface area contributed by atoms with Gasteiger partial charge in [0.25, 0.3) is 5.91 Å². The van der Waals surface area contributed by atoms with Crippen molar-refractivity contribution in [3.05, 3.63) is 76.7 Å². The monoisotopic (exact) mass is 584 g/mol. The van der Waals surface area contributed by atoms with Gasteiger partial charge in [-0.15, -0.1) is 0 Å². The first kappa shape index (κ1) is 26.8. The Morgan fingerprint density at radius 1 is 1.17 bits per heavy atom. The number of piperazine rings is 1. The molecule has 1 fully saturated rings. The van der Waals surface area contributed by atoms with Crippen molar-refractivity contribution >= 4 is 34.7 Å². The van der Waals surface area contributed by atoms with E-state index >= 15 is 0 Å². The minimum Gasteiger partial charge on any atom is -0.337 e. The summed E-state index contributed by atoms with van der Waals surface area (Å²) < 4.78 is 44.8. The maximum absolute atomic E-state index is 14.0. The Morgan fingerprint density at radius 2 is 1.98 bits per heavy atom. The highest BCUT2D eigenvalue weighted by Gasteiger charge is 2.38. The molecule has 0 atom stereocenters. The van der Waals surface area contributed by atoms with Crippen molar-refractivity contribution in [3.8, 4) is 11.3 Å². The third-order valence-corrected chi connectivity index (χ3v) is 7.00. The van der Waals surface area contributed by atoms with Crippen LogP contribution in [0.2, 0.25) is 5.02 Å². The highest BCUT2D eigenvalue weighted by molar-refractivity contribution is 6.34. The number of imidazole rings is 1. The average Bonchev–Trinajstić information content (AvgIpc) is 3.67. The first-order valence-corrected chi connectivity index (χ1v) is 13.1. The molecule has 11 nitrogen and oxygen atoms in total. The number of aromatic amines is 1. The van der Waals surface area contributed by atoms with Gasteiger partial charge in [-0.2, -0.15) is 23.4 Å². The molecule has 3 N–H and O–H groups in total. The number of hydrogen-bond acceptors (Lipinski definition) is 7. The van der Waals surface area contributed by atoms with Crippen LogP contribution < -0.4 is 10.6 Å². The Bertz CT molecular complexity index is 1740. The zero-order valence-electron chi connectivity index (χ0n) is 21.7. The number of rotatable bonds is 6. The van der Waals surface area contributed by atoms with Crippen LogP contribution in [0.15, 0.2) is 49.1 Å². The van der Waals surface area contributed by atoms with Gasteiger partial charge >= 0.3 is 6.18 Å². The molecule has 5 heterocycles. The lowest BCUT2D eigenvalue weighted by molar-refractivity contribution is -0.141. The molecule has 0 spiro atoms. The second-order valence-electron chi connectivity index (χ2n) is 9.60. The molecule has 6 rings (SSSR count). The number of nitrogens with one attached hydrogen (secondary N) is 3. The quantitative estimate of drug-likeness (QED) is 0.274. The first-order chi connectivity index (χ1) is 19.7. The number of benzene rings is 1. The van der Waals surface area contributed by atoms with E-state index < -0.39 is 11.9 Å². The van der Waals surface area contributed by atoms with E-state index in [0.29, 0.717) is 41.5 Å². The number of carbonyl (C=O) groups is 1. The largest absolute Gasteiger partial charge is 0.435 e. The van der Waals surface area contributed by atoms with Crippen LogP contribution in [-0.2, 0) is 12.7 Å². The molecule has 0 aliphatic carbocycles. The number of carbonyl (C=O) groups excluding carboxylic acids is 1. The summed E-state index contributed by atoms with van der Waals surface area (Å²) in [4.78, 5) is 23.3. The van der Waals surface area contributed by atoms with Crippen LogP contribution in [0.4, 0.5) is 24.7 Å². The highest BCUT2D eigenvalue weighted by atomic mass is 35.5. The maximum atomic E-state index is 14.0. The normalized spacial score (nSPS) is 14.1. The van der Waals surface area contributed by atoms with Gasteiger partial charge in [0.2, 0.25) is 0 Å². The van der Waals surface area contributed by atoms with Crippen LogP contribution in [0.1, 0.15) is 27.4 Å². The molecule has 1 saturated heterocycles. The fraction of sp³-hybridized carbons (Fsp3) is 0.269.